The van der Waals surface area contributed by atoms with Crippen molar-refractivity contribution in [2.24, 2.45) is 5.18 Å². The van der Waals surface area contributed by atoms with Crippen molar-refractivity contribution in [1.82, 2.24) is 4.98 Å². The number of nitrogens with zero attached hydrogens (tertiary/aromatic N) is 2. The van der Waals surface area contributed by atoms with Crippen molar-refractivity contribution in [1.29, 1.82) is 0 Å². The molecule has 0 aliphatic heterocycles. The van der Waals surface area contributed by atoms with Crippen molar-refractivity contribution in [2.45, 2.75) is 0 Å². The molecule has 14 heavy (non-hydrogen) atoms. The molecule has 0 atom stereocenters. The molecule has 0 unspecified atom stereocenters. The summed E-state index contributed by atoms with van der Waals surface area (Å²) in [6.45, 7) is 0. The lowest BCUT2D eigenvalue weighted by Gasteiger charge is -2.00. The molecule has 0 bridgehead atoms. The Balaban J connectivity index is 2.82. The zero-order chi connectivity index (χ0) is 10.1. The van der Waals surface area contributed by atoms with Gasteiger partial charge in [-0.25, -0.2) is 4.98 Å². The molecule has 0 radical (unpaired) electrons. The minimum absolute atomic E-state index is 0.256. The lowest BCUT2D eigenvalue weighted by atomic mass is 10.3. The van der Waals surface area contributed by atoms with Gasteiger partial charge in [-0.15, -0.1) is 16.2 Å². The van der Waals surface area contributed by atoms with Crippen LogP contribution in [0, 0.1) is 4.91 Å². The molecule has 1 aromatic carbocycles. The topological polar surface area (TPSA) is 51.6 Å². The minimum atomic E-state index is 0.256. The molecule has 0 spiro atoms. The van der Waals surface area contributed by atoms with Gasteiger partial charge in [-0.2, -0.15) is 0 Å². The SMILES string of the molecule is COc1ccc2sc(Br)nc2c1N=O. The van der Waals surface area contributed by atoms with Crippen molar-refractivity contribution < 1.29 is 4.74 Å². The molecule has 4 nitrogen and oxygen atoms in total. The summed E-state index contributed by atoms with van der Waals surface area (Å²) in [5.41, 5.74) is 0.836. The Kier molecular flexibility index (Phi) is 2.47. The second kappa shape index (κ2) is 3.62. The summed E-state index contributed by atoms with van der Waals surface area (Å²) < 4.78 is 6.65. The van der Waals surface area contributed by atoms with Crippen LogP contribution in [-0.2, 0) is 0 Å². The number of benzene rings is 1. The normalized spacial score (nSPS) is 10.4. The van der Waals surface area contributed by atoms with Crippen LogP contribution >= 0.6 is 27.3 Å². The van der Waals surface area contributed by atoms with Crippen molar-refractivity contribution >= 4 is 43.2 Å². The van der Waals surface area contributed by atoms with Crippen LogP contribution in [0.15, 0.2) is 21.2 Å². The van der Waals surface area contributed by atoms with Gasteiger partial charge in [-0.05, 0) is 33.2 Å². The van der Waals surface area contributed by atoms with Crippen LogP contribution in [0.1, 0.15) is 0 Å². The minimum Gasteiger partial charge on any atom is -0.494 e. The largest absolute Gasteiger partial charge is 0.494 e. The number of rotatable bonds is 2. The molecular weight excluding hydrogens is 268 g/mol. The van der Waals surface area contributed by atoms with Gasteiger partial charge in [-0.3, -0.25) is 0 Å². The van der Waals surface area contributed by atoms with E-state index in [4.69, 9.17) is 4.74 Å². The summed E-state index contributed by atoms with van der Waals surface area (Å²) in [6.07, 6.45) is 0. The fourth-order valence-electron chi connectivity index (χ4n) is 1.19. The quantitative estimate of drug-likeness (QED) is 0.787. The van der Waals surface area contributed by atoms with Gasteiger partial charge in [0.25, 0.3) is 0 Å². The van der Waals surface area contributed by atoms with E-state index in [2.05, 4.69) is 26.1 Å². The van der Waals surface area contributed by atoms with Crippen molar-refractivity contribution in [3.63, 3.8) is 0 Å². The molecular formula is C8H5BrN2O2S. The van der Waals surface area contributed by atoms with E-state index < -0.39 is 0 Å². The zero-order valence-corrected chi connectivity index (χ0v) is 9.55. The molecule has 0 amide bonds. The number of hydrogen-bond donors (Lipinski definition) is 0. The standard InChI is InChI=1S/C8H5BrN2O2S/c1-13-4-2-3-5-7(6(4)11-12)10-8(9)14-5/h2-3H,1H3. The molecule has 1 heterocycles. The molecule has 2 aromatic rings. The summed E-state index contributed by atoms with van der Waals surface area (Å²) in [6, 6.07) is 3.56. The smallest absolute Gasteiger partial charge is 0.176 e. The predicted octanol–water partition coefficient (Wildman–Crippen LogP) is 3.47. The first-order valence-electron chi connectivity index (χ1n) is 3.72. The molecule has 1 aromatic heterocycles. The highest BCUT2D eigenvalue weighted by molar-refractivity contribution is 9.11. The second-order valence-electron chi connectivity index (χ2n) is 2.52. The van der Waals surface area contributed by atoms with Crippen molar-refractivity contribution in [3.8, 4) is 5.75 Å². The summed E-state index contributed by atoms with van der Waals surface area (Å²) in [4.78, 5) is 14.8. The van der Waals surface area contributed by atoms with Gasteiger partial charge >= 0.3 is 0 Å². The number of ether oxygens (including phenoxy) is 1. The van der Waals surface area contributed by atoms with Crippen molar-refractivity contribution in [3.05, 3.63) is 21.0 Å². The number of fused-ring (bicyclic) bond motifs is 1. The molecule has 2 rings (SSSR count). The van der Waals surface area contributed by atoms with E-state index in [-0.39, 0.29) is 5.69 Å². The van der Waals surface area contributed by atoms with Gasteiger partial charge in [-0.1, -0.05) is 0 Å². The van der Waals surface area contributed by atoms with E-state index in [1.807, 2.05) is 6.07 Å². The van der Waals surface area contributed by atoms with Gasteiger partial charge in [0.2, 0.25) is 0 Å². The summed E-state index contributed by atoms with van der Waals surface area (Å²) in [5, 5.41) is 2.93. The zero-order valence-electron chi connectivity index (χ0n) is 7.15. The van der Waals surface area contributed by atoms with Gasteiger partial charge in [0.1, 0.15) is 11.3 Å². The van der Waals surface area contributed by atoms with E-state index >= 15 is 0 Å². The Morgan fingerprint density at radius 2 is 2.36 bits per heavy atom. The van der Waals surface area contributed by atoms with Crippen LogP contribution in [0.2, 0.25) is 0 Å². The average Bonchev–Trinajstić information content (AvgIpc) is 2.56. The van der Waals surface area contributed by atoms with E-state index in [1.54, 1.807) is 6.07 Å². The maximum Gasteiger partial charge on any atom is 0.176 e. The monoisotopic (exact) mass is 272 g/mol. The van der Waals surface area contributed by atoms with Crippen molar-refractivity contribution in [2.75, 3.05) is 7.11 Å². The Labute approximate surface area is 92.0 Å². The third-order valence-electron chi connectivity index (χ3n) is 1.78. The second-order valence-corrected chi connectivity index (χ2v) is 4.83. The maximum absolute atomic E-state index is 10.6. The van der Waals surface area contributed by atoms with Crippen LogP contribution in [0.4, 0.5) is 5.69 Å². The Hall–Kier alpha value is -1.01. The molecule has 6 heteroatoms. The van der Waals surface area contributed by atoms with E-state index in [9.17, 15) is 4.91 Å². The van der Waals surface area contributed by atoms with E-state index in [0.717, 1.165) is 8.62 Å². The molecule has 0 fully saturated rings. The highest BCUT2D eigenvalue weighted by Gasteiger charge is 2.12. The maximum atomic E-state index is 10.6. The molecule has 0 saturated heterocycles. The number of nitroso groups, excluding NO2 is 1. The lowest BCUT2D eigenvalue weighted by Crippen LogP contribution is -1.83. The number of halogens is 1. The fourth-order valence-corrected chi connectivity index (χ4v) is 2.58. The van der Waals surface area contributed by atoms with Gasteiger partial charge < -0.3 is 4.74 Å². The van der Waals surface area contributed by atoms with Crippen LogP contribution in [0.3, 0.4) is 0 Å². The Morgan fingerprint density at radius 3 is 3.00 bits per heavy atom. The average molecular weight is 273 g/mol. The van der Waals surface area contributed by atoms with Gasteiger partial charge in [0, 0.05) is 0 Å². The van der Waals surface area contributed by atoms with E-state index in [0.29, 0.717) is 11.3 Å². The Morgan fingerprint density at radius 1 is 1.57 bits per heavy atom. The van der Waals surface area contributed by atoms with Crippen LogP contribution in [0.25, 0.3) is 10.2 Å². The molecule has 0 N–H and O–H groups in total. The first-order chi connectivity index (χ1) is 6.76. The number of hydrogen-bond acceptors (Lipinski definition) is 5. The molecule has 0 aliphatic carbocycles. The van der Waals surface area contributed by atoms with Gasteiger partial charge in [0.15, 0.2) is 9.60 Å². The number of aromatic nitrogens is 1. The highest BCUT2D eigenvalue weighted by Crippen LogP contribution is 2.38. The molecule has 72 valence electrons. The lowest BCUT2D eigenvalue weighted by molar-refractivity contribution is 0.416. The van der Waals surface area contributed by atoms with Crippen LogP contribution < -0.4 is 4.74 Å². The summed E-state index contributed by atoms with van der Waals surface area (Å²) in [7, 11) is 1.50. The highest BCUT2D eigenvalue weighted by atomic mass is 79.9. The molecule has 0 aliphatic rings. The van der Waals surface area contributed by atoms with Gasteiger partial charge in [0.05, 0.1) is 11.8 Å². The number of methoxy groups -OCH3 is 1. The third-order valence-corrected chi connectivity index (χ3v) is 3.25. The predicted molar refractivity (Wildman–Crippen MR) is 59.3 cm³/mol. The Bertz CT molecular complexity index is 497. The van der Waals surface area contributed by atoms with Crippen LogP contribution in [-0.4, -0.2) is 12.1 Å². The fraction of sp³-hybridized carbons (Fsp3) is 0.125. The summed E-state index contributed by atoms with van der Waals surface area (Å²) in [5.74, 6) is 0.449. The first kappa shape index (κ1) is 9.54. The molecule has 0 saturated carbocycles. The summed E-state index contributed by atoms with van der Waals surface area (Å²) >= 11 is 4.71. The van der Waals surface area contributed by atoms with Crippen LogP contribution in [0.5, 0.6) is 5.75 Å². The number of thiazole rings is 1. The van der Waals surface area contributed by atoms with E-state index in [1.165, 1.54) is 18.4 Å². The first-order valence-corrected chi connectivity index (χ1v) is 5.33. The third kappa shape index (κ3) is 1.40.